The Hall–Kier alpha value is -0.830. The second-order valence-electron chi connectivity index (χ2n) is 5.14. The van der Waals surface area contributed by atoms with Crippen LogP contribution in [0.2, 0.25) is 0 Å². The third-order valence-corrected chi connectivity index (χ3v) is 3.96. The summed E-state index contributed by atoms with van der Waals surface area (Å²) < 4.78 is 6.17. The van der Waals surface area contributed by atoms with Crippen molar-refractivity contribution in [3.05, 3.63) is 28.2 Å². The lowest BCUT2D eigenvalue weighted by Gasteiger charge is -2.08. The molecule has 3 heteroatoms. The quantitative estimate of drug-likeness (QED) is 0.398. The van der Waals surface area contributed by atoms with Gasteiger partial charge in [-0.05, 0) is 24.6 Å². The maximum absolute atomic E-state index is 12.2. The van der Waals surface area contributed by atoms with Gasteiger partial charge in [-0.25, -0.2) is 0 Å². The van der Waals surface area contributed by atoms with Crippen LogP contribution in [0.5, 0.6) is 5.75 Å². The first-order valence-electron chi connectivity index (χ1n) is 7.55. The summed E-state index contributed by atoms with van der Waals surface area (Å²) in [4.78, 5) is 12.2. The molecule has 0 radical (unpaired) electrons. The van der Waals surface area contributed by atoms with Crippen LogP contribution in [0.3, 0.4) is 0 Å². The molecule has 0 aliphatic carbocycles. The molecule has 0 unspecified atom stereocenters. The third-order valence-electron chi connectivity index (χ3n) is 3.47. The molecule has 1 rings (SSSR count). The molecule has 0 fully saturated rings. The van der Waals surface area contributed by atoms with E-state index in [0.717, 1.165) is 17.3 Å². The normalized spacial score (nSPS) is 10.6. The van der Waals surface area contributed by atoms with Gasteiger partial charge in [-0.2, -0.15) is 0 Å². The summed E-state index contributed by atoms with van der Waals surface area (Å²) in [6, 6.07) is 5.58. The number of Topliss-reactive ketones (excluding diaryl/α,β-unsaturated/α-hetero) is 1. The number of hydrogen-bond acceptors (Lipinski definition) is 2. The summed E-state index contributed by atoms with van der Waals surface area (Å²) in [5.74, 6) is 0.845. The standard InChI is InChI=1S/C17H25BrO2/c1-3-4-5-6-7-8-9-10-16(19)15-13-14(18)11-12-17(15)20-2/h11-13H,3-10H2,1-2H3. The van der Waals surface area contributed by atoms with Crippen molar-refractivity contribution in [1.82, 2.24) is 0 Å². The van der Waals surface area contributed by atoms with Crippen LogP contribution in [0.4, 0.5) is 0 Å². The monoisotopic (exact) mass is 340 g/mol. The first kappa shape index (κ1) is 17.2. The van der Waals surface area contributed by atoms with Crippen LogP contribution in [0, 0.1) is 0 Å². The van der Waals surface area contributed by atoms with E-state index < -0.39 is 0 Å². The van der Waals surface area contributed by atoms with Crippen LogP contribution in [-0.4, -0.2) is 12.9 Å². The zero-order valence-corrected chi connectivity index (χ0v) is 14.2. The third kappa shape index (κ3) is 6.08. The Kier molecular flexibility index (Phi) is 8.59. The van der Waals surface area contributed by atoms with E-state index in [0.29, 0.717) is 17.7 Å². The van der Waals surface area contributed by atoms with Gasteiger partial charge in [-0.3, -0.25) is 4.79 Å². The molecule has 0 bridgehead atoms. The number of hydrogen-bond donors (Lipinski definition) is 0. The molecule has 0 aliphatic rings. The summed E-state index contributed by atoms with van der Waals surface area (Å²) in [6.45, 7) is 2.23. The van der Waals surface area contributed by atoms with Crippen molar-refractivity contribution >= 4 is 21.7 Å². The minimum absolute atomic E-state index is 0.178. The molecule has 0 saturated heterocycles. The minimum atomic E-state index is 0.178. The fourth-order valence-corrected chi connectivity index (χ4v) is 2.64. The van der Waals surface area contributed by atoms with Gasteiger partial charge in [0.1, 0.15) is 5.75 Å². The maximum Gasteiger partial charge on any atom is 0.166 e. The van der Waals surface area contributed by atoms with Gasteiger partial charge in [0.25, 0.3) is 0 Å². The Balaban J connectivity index is 2.34. The molecule has 0 atom stereocenters. The topological polar surface area (TPSA) is 26.3 Å². The van der Waals surface area contributed by atoms with Crippen molar-refractivity contribution in [3.63, 3.8) is 0 Å². The lowest BCUT2D eigenvalue weighted by atomic mass is 10.0. The minimum Gasteiger partial charge on any atom is -0.496 e. The van der Waals surface area contributed by atoms with Crippen LogP contribution in [-0.2, 0) is 0 Å². The van der Waals surface area contributed by atoms with Crippen molar-refractivity contribution in [3.8, 4) is 5.75 Å². The van der Waals surface area contributed by atoms with E-state index in [9.17, 15) is 4.79 Å². The molecule has 0 aromatic heterocycles. The molecule has 112 valence electrons. The first-order valence-corrected chi connectivity index (χ1v) is 8.35. The van der Waals surface area contributed by atoms with Crippen LogP contribution in [0.1, 0.15) is 68.6 Å². The van der Waals surface area contributed by atoms with Gasteiger partial charge >= 0.3 is 0 Å². The highest BCUT2D eigenvalue weighted by Crippen LogP contribution is 2.25. The average Bonchev–Trinajstić information content (AvgIpc) is 2.46. The fourth-order valence-electron chi connectivity index (χ4n) is 2.28. The Bertz CT molecular complexity index is 415. The van der Waals surface area contributed by atoms with Crippen LogP contribution < -0.4 is 4.74 Å². The van der Waals surface area contributed by atoms with E-state index in [1.807, 2.05) is 18.2 Å². The number of ketones is 1. The summed E-state index contributed by atoms with van der Waals surface area (Å²) in [5.41, 5.74) is 0.688. The van der Waals surface area contributed by atoms with Gasteiger partial charge in [0, 0.05) is 10.9 Å². The molecular formula is C17H25BrO2. The lowest BCUT2D eigenvalue weighted by molar-refractivity contribution is 0.0976. The van der Waals surface area contributed by atoms with Gasteiger partial charge in [0.15, 0.2) is 5.78 Å². The Labute approximate surface area is 131 Å². The molecular weight excluding hydrogens is 316 g/mol. The predicted molar refractivity (Wildman–Crippen MR) is 87.6 cm³/mol. The maximum atomic E-state index is 12.2. The number of benzene rings is 1. The van der Waals surface area contributed by atoms with E-state index in [1.165, 1.54) is 32.1 Å². The summed E-state index contributed by atoms with van der Waals surface area (Å²) in [5, 5.41) is 0. The fraction of sp³-hybridized carbons (Fsp3) is 0.588. The van der Waals surface area contributed by atoms with E-state index in [1.54, 1.807) is 7.11 Å². The number of unbranched alkanes of at least 4 members (excludes halogenated alkanes) is 6. The zero-order chi connectivity index (χ0) is 14.8. The molecule has 0 aliphatic heterocycles. The van der Waals surface area contributed by atoms with Crippen molar-refractivity contribution in [2.24, 2.45) is 0 Å². The smallest absolute Gasteiger partial charge is 0.166 e. The molecule has 1 aromatic carbocycles. The summed E-state index contributed by atoms with van der Waals surface area (Å²) >= 11 is 3.40. The molecule has 1 aromatic rings. The number of rotatable bonds is 10. The van der Waals surface area contributed by atoms with Gasteiger partial charge in [0.05, 0.1) is 12.7 Å². The number of carbonyl (C=O) groups is 1. The van der Waals surface area contributed by atoms with Gasteiger partial charge in [0.2, 0.25) is 0 Å². The van der Waals surface area contributed by atoms with Crippen LogP contribution >= 0.6 is 15.9 Å². The van der Waals surface area contributed by atoms with Gasteiger partial charge in [-0.15, -0.1) is 0 Å². The highest BCUT2D eigenvalue weighted by molar-refractivity contribution is 9.10. The number of halogens is 1. The molecule has 0 saturated carbocycles. The highest BCUT2D eigenvalue weighted by Gasteiger charge is 2.12. The van der Waals surface area contributed by atoms with Crippen molar-refractivity contribution in [1.29, 1.82) is 0 Å². The van der Waals surface area contributed by atoms with Gasteiger partial charge < -0.3 is 4.74 Å². The number of methoxy groups -OCH3 is 1. The molecule has 0 amide bonds. The summed E-state index contributed by atoms with van der Waals surface area (Å²) in [7, 11) is 1.60. The van der Waals surface area contributed by atoms with Gasteiger partial charge in [-0.1, -0.05) is 61.4 Å². The van der Waals surface area contributed by atoms with E-state index in [-0.39, 0.29) is 5.78 Å². The predicted octanol–water partition coefficient (Wildman–Crippen LogP) is 5.78. The van der Waals surface area contributed by atoms with E-state index >= 15 is 0 Å². The SMILES string of the molecule is CCCCCCCCCC(=O)c1cc(Br)ccc1OC. The van der Waals surface area contributed by atoms with Crippen molar-refractivity contribution in [2.45, 2.75) is 58.3 Å². The molecule has 0 spiro atoms. The Morgan fingerprint density at radius 2 is 1.75 bits per heavy atom. The Morgan fingerprint density at radius 1 is 1.10 bits per heavy atom. The van der Waals surface area contributed by atoms with E-state index in [4.69, 9.17) is 4.74 Å². The van der Waals surface area contributed by atoms with Crippen molar-refractivity contribution < 1.29 is 9.53 Å². The molecule has 2 nitrogen and oxygen atoms in total. The largest absolute Gasteiger partial charge is 0.496 e. The van der Waals surface area contributed by atoms with E-state index in [2.05, 4.69) is 22.9 Å². The number of carbonyl (C=O) groups excluding carboxylic acids is 1. The van der Waals surface area contributed by atoms with Crippen molar-refractivity contribution in [2.75, 3.05) is 7.11 Å². The highest BCUT2D eigenvalue weighted by atomic mass is 79.9. The lowest BCUT2D eigenvalue weighted by Crippen LogP contribution is -2.02. The Morgan fingerprint density at radius 3 is 2.40 bits per heavy atom. The second kappa shape index (κ2) is 9.98. The average molecular weight is 341 g/mol. The first-order chi connectivity index (χ1) is 9.69. The van der Waals surface area contributed by atoms with Crippen LogP contribution in [0.15, 0.2) is 22.7 Å². The molecule has 0 N–H and O–H groups in total. The summed E-state index contributed by atoms with van der Waals surface area (Å²) in [6.07, 6.45) is 9.19. The zero-order valence-electron chi connectivity index (χ0n) is 12.6. The van der Waals surface area contributed by atoms with Crippen LogP contribution in [0.25, 0.3) is 0 Å². The second-order valence-corrected chi connectivity index (χ2v) is 6.05. The molecule has 0 heterocycles. The number of ether oxygens (including phenoxy) is 1. The molecule has 20 heavy (non-hydrogen) atoms.